The Bertz CT molecular complexity index is 1730. The Hall–Kier alpha value is -2.48. The van der Waals surface area contributed by atoms with Gasteiger partial charge in [0, 0.05) is 49.6 Å². The van der Waals surface area contributed by atoms with Gasteiger partial charge in [-0.15, -0.1) is 11.8 Å². The van der Waals surface area contributed by atoms with Gasteiger partial charge in [0.15, 0.2) is 0 Å². The summed E-state index contributed by atoms with van der Waals surface area (Å²) in [7, 11) is 0. The van der Waals surface area contributed by atoms with Crippen LogP contribution in [0.3, 0.4) is 0 Å². The molecule has 0 saturated carbocycles. The molecule has 0 aliphatic heterocycles. The standard InChI is InChI=1S/C34H35ClN2O3S.Na.H/c1-33(2,3)41-31-27-18-26(40-21-25-15-12-23-8-6-7-9-28(23)36-25)16-17-29(27)37(20-22-10-13-24(35)14-11-22)30(31)19-34(4,5)32(38)39;;/h6-18H,19-21H2,1-5H3,(H,38,39);;/q;+1;-1. The topological polar surface area (TPSA) is 64.3 Å². The first kappa shape index (κ1) is 32.4. The Morgan fingerprint density at radius 1 is 1.00 bits per heavy atom. The van der Waals surface area contributed by atoms with Gasteiger partial charge in [0.2, 0.25) is 0 Å². The van der Waals surface area contributed by atoms with Crippen molar-refractivity contribution in [2.75, 3.05) is 0 Å². The number of hydrogen-bond acceptors (Lipinski definition) is 4. The molecule has 0 bridgehead atoms. The number of rotatable bonds is 9. The number of ether oxygens (including phenoxy) is 1. The van der Waals surface area contributed by atoms with E-state index in [1.54, 1.807) is 25.6 Å². The summed E-state index contributed by atoms with van der Waals surface area (Å²) < 4.78 is 8.43. The van der Waals surface area contributed by atoms with Gasteiger partial charge in [0.25, 0.3) is 0 Å². The number of carboxylic acids is 1. The van der Waals surface area contributed by atoms with Crippen LogP contribution in [0.1, 0.15) is 53.0 Å². The molecule has 0 radical (unpaired) electrons. The van der Waals surface area contributed by atoms with Gasteiger partial charge in [-0.3, -0.25) is 4.79 Å². The number of thioether (sulfide) groups is 1. The molecule has 0 saturated heterocycles. The number of carboxylic acid groups (broad SMARTS) is 1. The van der Waals surface area contributed by atoms with E-state index in [0.717, 1.165) is 49.4 Å². The number of hydrogen-bond donors (Lipinski definition) is 1. The van der Waals surface area contributed by atoms with Crippen LogP contribution in [0.5, 0.6) is 5.75 Å². The Kier molecular flexibility index (Phi) is 10.1. The Morgan fingerprint density at radius 3 is 2.40 bits per heavy atom. The molecule has 0 spiro atoms. The van der Waals surface area contributed by atoms with Crippen molar-refractivity contribution in [3.8, 4) is 5.75 Å². The number of para-hydroxylation sites is 1. The van der Waals surface area contributed by atoms with E-state index < -0.39 is 11.4 Å². The van der Waals surface area contributed by atoms with E-state index in [-0.39, 0.29) is 35.7 Å². The number of halogens is 1. The average molecular weight is 611 g/mol. The van der Waals surface area contributed by atoms with Crippen LogP contribution in [-0.2, 0) is 24.4 Å². The molecule has 2 aromatic heterocycles. The van der Waals surface area contributed by atoms with Gasteiger partial charge in [0.1, 0.15) is 12.4 Å². The third-order valence-corrected chi connectivity index (χ3v) is 8.51. The van der Waals surface area contributed by atoms with Crippen molar-refractivity contribution in [1.82, 2.24) is 9.55 Å². The summed E-state index contributed by atoms with van der Waals surface area (Å²) in [5, 5.41) is 12.9. The summed E-state index contributed by atoms with van der Waals surface area (Å²) in [6.07, 6.45) is 0.389. The molecule has 0 fully saturated rings. The Labute approximate surface area is 280 Å². The third kappa shape index (κ3) is 7.53. The fourth-order valence-corrected chi connectivity index (χ4v) is 6.15. The van der Waals surface area contributed by atoms with Crippen LogP contribution in [0.2, 0.25) is 5.02 Å². The Morgan fingerprint density at radius 2 is 1.71 bits per heavy atom. The van der Waals surface area contributed by atoms with Crippen molar-refractivity contribution in [3.63, 3.8) is 0 Å². The number of fused-ring (bicyclic) bond motifs is 2. The van der Waals surface area contributed by atoms with Crippen LogP contribution < -0.4 is 34.3 Å². The summed E-state index contributed by atoms with van der Waals surface area (Å²) in [6.45, 7) is 11.1. The molecule has 5 rings (SSSR count). The molecule has 0 aliphatic rings. The predicted octanol–water partition coefficient (Wildman–Crippen LogP) is 6.13. The van der Waals surface area contributed by atoms with Gasteiger partial charge >= 0.3 is 35.5 Å². The van der Waals surface area contributed by atoms with Crippen LogP contribution in [0, 0.1) is 5.41 Å². The SMILES string of the molecule is CC(C)(C)Sc1c(CC(C)(C)C(=O)O)n(Cc2ccc(Cl)cc2)c2ccc(OCc3ccc4ccccc4n3)cc12.[H-].[Na+]. The minimum Gasteiger partial charge on any atom is -1.00 e. The molecule has 8 heteroatoms. The second-order valence-electron chi connectivity index (χ2n) is 12.0. The molecule has 2 heterocycles. The van der Waals surface area contributed by atoms with Crippen molar-refractivity contribution in [3.05, 3.63) is 101 Å². The second-order valence-corrected chi connectivity index (χ2v) is 14.3. The summed E-state index contributed by atoms with van der Waals surface area (Å²) in [5.41, 5.74) is 4.00. The molecular formula is C34H36ClN2NaO3S. The monoisotopic (exact) mass is 610 g/mol. The van der Waals surface area contributed by atoms with E-state index >= 15 is 0 Å². The molecular weight excluding hydrogens is 575 g/mol. The van der Waals surface area contributed by atoms with Gasteiger partial charge in [-0.2, -0.15) is 0 Å². The number of benzene rings is 3. The summed E-state index contributed by atoms with van der Waals surface area (Å²) in [5.74, 6) is -0.0738. The molecule has 214 valence electrons. The van der Waals surface area contributed by atoms with Gasteiger partial charge in [-0.05, 0) is 61.9 Å². The number of aliphatic carboxylic acids is 1. The molecule has 3 aromatic carbocycles. The van der Waals surface area contributed by atoms with Crippen molar-refractivity contribution >= 4 is 51.1 Å². The largest absolute Gasteiger partial charge is 1.00 e. The normalized spacial score (nSPS) is 12.0. The number of aromatic nitrogens is 2. The van der Waals surface area contributed by atoms with Crippen molar-refractivity contribution < 1.29 is 45.6 Å². The molecule has 5 aromatic rings. The van der Waals surface area contributed by atoms with Crippen LogP contribution >= 0.6 is 23.4 Å². The van der Waals surface area contributed by atoms with Crippen molar-refractivity contribution in [2.24, 2.45) is 5.41 Å². The Balaban J connectivity index is 0.00000253. The van der Waals surface area contributed by atoms with Crippen molar-refractivity contribution in [1.29, 1.82) is 0 Å². The molecule has 1 N–H and O–H groups in total. The zero-order valence-electron chi connectivity index (χ0n) is 26.1. The minimum absolute atomic E-state index is 0. The summed E-state index contributed by atoms with van der Waals surface area (Å²) >= 11 is 7.93. The minimum atomic E-state index is -0.944. The fourth-order valence-electron chi connectivity index (χ4n) is 4.83. The first-order valence-corrected chi connectivity index (χ1v) is 14.9. The number of pyridine rings is 1. The second kappa shape index (κ2) is 13.0. The quantitative estimate of drug-likeness (QED) is 0.161. The maximum Gasteiger partial charge on any atom is 1.00 e. The zero-order chi connectivity index (χ0) is 29.4. The first-order valence-electron chi connectivity index (χ1n) is 13.7. The van der Waals surface area contributed by atoms with Crippen LogP contribution in [-0.4, -0.2) is 25.4 Å². The van der Waals surface area contributed by atoms with Gasteiger partial charge in [-0.1, -0.05) is 68.8 Å². The predicted molar refractivity (Wildman–Crippen MR) is 170 cm³/mol. The molecule has 0 amide bonds. The molecule has 42 heavy (non-hydrogen) atoms. The van der Waals surface area contributed by atoms with Crippen LogP contribution in [0.15, 0.2) is 83.8 Å². The van der Waals surface area contributed by atoms with E-state index in [1.807, 2.05) is 60.7 Å². The number of carbonyl (C=O) groups is 1. The molecule has 0 atom stereocenters. The van der Waals surface area contributed by atoms with E-state index in [2.05, 4.69) is 43.5 Å². The fraction of sp³-hybridized carbons (Fsp3) is 0.294. The van der Waals surface area contributed by atoms with Gasteiger partial charge in [-0.25, -0.2) is 4.98 Å². The first-order chi connectivity index (χ1) is 19.4. The summed E-state index contributed by atoms with van der Waals surface area (Å²) in [4.78, 5) is 18.1. The van der Waals surface area contributed by atoms with Crippen LogP contribution in [0.4, 0.5) is 0 Å². The zero-order valence-corrected chi connectivity index (χ0v) is 28.6. The maximum absolute atomic E-state index is 12.2. The van der Waals surface area contributed by atoms with E-state index in [4.69, 9.17) is 21.3 Å². The smallest absolute Gasteiger partial charge is 1.00 e. The number of nitrogens with zero attached hydrogens (tertiary/aromatic N) is 2. The third-order valence-electron chi connectivity index (χ3n) is 6.98. The van der Waals surface area contributed by atoms with E-state index in [1.165, 1.54) is 0 Å². The van der Waals surface area contributed by atoms with Crippen LogP contribution in [0.25, 0.3) is 21.8 Å². The van der Waals surface area contributed by atoms with Crippen molar-refractivity contribution in [2.45, 2.75) is 63.8 Å². The molecule has 0 unspecified atom stereocenters. The molecule has 0 aliphatic carbocycles. The van der Waals surface area contributed by atoms with E-state index in [9.17, 15) is 9.90 Å². The molecule has 5 nitrogen and oxygen atoms in total. The maximum atomic E-state index is 12.2. The summed E-state index contributed by atoms with van der Waals surface area (Å²) in [6, 6.07) is 26.1. The van der Waals surface area contributed by atoms with Gasteiger partial charge in [0.05, 0.1) is 16.6 Å². The van der Waals surface area contributed by atoms with Gasteiger partial charge < -0.3 is 15.8 Å². The average Bonchev–Trinajstić information content (AvgIpc) is 3.18. The van der Waals surface area contributed by atoms with E-state index in [0.29, 0.717) is 24.6 Å².